The lowest BCUT2D eigenvalue weighted by molar-refractivity contribution is 0.584. The lowest BCUT2D eigenvalue weighted by Gasteiger charge is -2.08. The first-order valence-electron chi connectivity index (χ1n) is 7.76. The molecule has 0 saturated carbocycles. The van der Waals surface area contributed by atoms with Crippen molar-refractivity contribution in [2.24, 2.45) is 5.73 Å². The average molecular weight is 395 g/mol. The van der Waals surface area contributed by atoms with E-state index in [-0.39, 0.29) is 31.1 Å². The minimum Gasteiger partial charge on any atom is -0.327 e. The Bertz CT molecular complexity index is 1010. The predicted molar refractivity (Wildman–Crippen MR) is 99.0 cm³/mol. The quantitative estimate of drug-likeness (QED) is 0.669. The van der Waals surface area contributed by atoms with E-state index in [9.17, 15) is 13.6 Å². The summed E-state index contributed by atoms with van der Waals surface area (Å²) in [5.74, 6) is -0.211. The van der Waals surface area contributed by atoms with E-state index in [1.807, 2.05) is 0 Å². The van der Waals surface area contributed by atoms with Crippen molar-refractivity contribution >= 4 is 12.4 Å². The smallest absolute Gasteiger partial charge is 0.327 e. The van der Waals surface area contributed by atoms with Crippen LogP contribution < -0.4 is 11.4 Å². The zero-order valence-electron chi connectivity index (χ0n) is 14.3. The van der Waals surface area contributed by atoms with Crippen molar-refractivity contribution in [1.82, 2.24) is 24.3 Å². The van der Waals surface area contributed by atoms with Crippen molar-refractivity contribution in [3.05, 3.63) is 70.7 Å². The lowest BCUT2D eigenvalue weighted by Crippen LogP contribution is -2.26. The van der Waals surface area contributed by atoms with Crippen LogP contribution in [0.3, 0.4) is 0 Å². The molecule has 0 bridgehead atoms. The molecule has 0 radical (unpaired) electrons. The molecule has 7 nitrogen and oxygen atoms in total. The number of aromatic nitrogens is 5. The van der Waals surface area contributed by atoms with Gasteiger partial charge in [0.2, 0.25) is 5.95 Å². The number of halogens is 3. The molecule has 0 aliphatic rings. The van der Waals surface area contributed by atoms with E-state index in [1.54, 1.807) is 25.1 Å². The summed E-state index contributed by atoms with van der Waals surface area (Å²) in [7, 11) is 0. The molecule has 27 heavy (non-hydrogen) atoms. The first-order chi connectivity index (χ1) is 12.5. The van der Waals surface area contributed by atoms with Gasteiger partial charge in [-0.15, -0.1) is 12.4 Å². The van der Waals surface area contributed by atoms with Crippen LogP contribution in [0.4, 0.5) is 8.78 Å². The molecule has 0 unspecified atom stereocenters. The van der Waals surface area contributed by atoms with Crippen LogP contribution in [0.2, 0.25) is 0 Å². The SMILES string of the molecule is Cc1ccc(-c2ccc(F)nc2)nc1-n1cnn(C/C(=C/F)CN)c1=O.Cl. The number of pyridine rings is 2. The van der Waals surface area contributed by atoms with Crippen LogP contribution in [-0.2, 0) is 6.54 Å². The van der Waals surface area contributed by atoms with Crippen LogP contribution in [-0.4, -0.2) is 30.9 Å². The van der Waals surface area contributed by atoms with E-state index in [4.69, 9.17) is 5.73 Å². The molecule has 0 spiro atoms. The Hall–Kier alpha value is -2.91. The summed E-state index contributed by atoms with van der Waals surface area (Å²) in [6.07, 6.45) is 3.05. The van der Waals surface area contributed by atoms with Gasteiger partial charge in [0, 0.05) is 18.3 Å². The molecular formula is C17H17ClF2N6O. The molecule has 3 rings (SSSR count). The molecule has 0 fully saturated rings. The molecule has 2 N–H and O–H groups in total. The molecule has 142 valence electrons. The van der Waals surface area contributed by atoms with Crippen molar-refractivity contribution in [3.63, 3.8) is 0 Å². The zero-order chi connectivity index (χ0) is 18.7. The van der Waals surface area contributed by atoms with Crippen LogP contribution in [0.15, 0.2) is 53.5 Å². The summed E-state index contributed by atoms with van der Waals surface area (Å²) < 4.78 is 28.1. The van der Waals surface area contributed by atoms with Crippen LogP contribution >= 0.6 is 12.4 Å². The summed E-state index contributed by atoms with van der Waals surface area (Å²) in [4.78, 5) is 20.6. The lowest BCUT2D eigenvalue weighted by atomic mass is 10.1. The maximum Gasteiger partial charge on any atom is 0.351 e. The number of aryl methyl sites for hydroxylation is 1. The average Bonchev–Trinajstić information content (AvgIpc) is 3.01. The molecule has 3 aromatic heterocycles. The first-order valence-corrected chi connectivity index (χ1v) is 7.76. The van der Waals surface area contributed by atoms with Gasteiger partial charge in [0.1, 0.15) is 12.1 Å². The van der Waals surface area contributed by atoms with E-state index in [2.05, 4.69) is 15.1 Å². The number of hydrogen-bond acceptors (Lipinski definition) is 5. The third kappa shape index (κ3) is 4.26. The minimum atomic E-state index is -0.588. The Morgan fingerprint density at radius 2 is 2.07 bits per heavy atom. The van der Waals surface area contributed by atoms with Gasteiger partial charge in [0.05, 0.1) is 18.6 Å². The topological polar surface area (TPSA) is 91.6 Å². The maximum absolute atomic E-state index is 13.0. The fraction of sp³-hybridized carbons (Fsp3) is 0.176. The van der Waals surface area contributed by atoms with E-state index in [0.717, 1.165) is 10.2 Å². The van der Waals surface area contributed by atoms with Crippen molar-refractivity contribution < 1.29 is 8.78 Å². The number of nitrogens with zero attached hydrogens (tertiary/aromatic N) is 5. The molecule has 10 heteroatoms. The summed E-state index contributed by atoms with van der Waals surface area (Å²) >= 11 is 0. The molecule has 0 amide bonds. The number of nitrogens with two attached hydrogens (primary N) is 1. The highest BCUT2D eigenvalue weighted by molar-refractivity contribution is 5.85. The number of hydrogen-bond donors (Lipinski definition) is 1. The Morgan fingerprint density at radius 3 is 2.70 bits per heavy atom. The van der Waals surface area contributed by atoms with Gasteiger partial charge in [-0.2, -0.15) is 9.49 Å². The van der Waals surface area contributed by atoms with Gasteiger partial charge in [0.15, 0.2) is 0 Å². The van der Waals surface area contributed by atoms with E-state index in [0.29, 0.717) is 23.4 Å². The van der Waals surface area contributed by atoms with E-state index >= 15 is 0 Å². The van der Waals surface area contributed by atoms with Gasteiger partial charge in [-0.05, 0) is 36.3 Å². The first kappa shape index (κ1) is 20.4. The molecule has 3 heterocycles. The van der Waals surface area contributed by atoms with Gasteiger partial charge in [0.25, 0.3) is 0 Å². The molecule has 0 saturated heterocycles. The van der Waals surface area contributed by atoms with Crippen LogP contribution in [0.1, 0.15) is 5.56 Å². The fourth-order valence-electron chi connectivity index (χ4n) is 2.38. The third-order valence-electron chi connectivity index (χ3n) is 3.82. The van der Waals surface area contributed by atoms with Gasteiger partial charge in [-0.25, -0.2) is 28.4 Å². The Labute approximate surface area is 159 Å². The largest absolute Gasteiger partial charge is 0.351 e. The Balaban J connectivity index is 0.00000261. The van der Waals surface area contributed by atoms with Crippen molar-refractivity contribution in [2.45, 2.75) is 13.5 Å². The summed E-state index contributed by atoms with van der Waals surface area (Å²) in [6.45, 7) is 1.74. The normalized spacial score (nSPS) is 11.3. The van der Waals surface area contributed by atoms with E-state index in [1.165, 1.54) is 23.2 Å². The highest BCUT2D eigenvalue weighted by Crippen LogP contribution is 2.19. The molecule has 3 aromatic rings. The van der Waals surface area contributed by atoms with Gasteiger partial charge < -0.3 is 5.73 Å². The minimum absolute atomic E-state index is 0. The molecule has 0 aliphatic heterocycles. The highest BCUT2D eigenvalue weighted by Gasteiger charge is 2.13. The Kier molecular flexibility index (Phi) is 6.54. The third-order valence-corrected chi connectivity index (χ3v) is 3.82. The van der Waals surface area contributed by atoms with Crippen LogP contribution in [0.25, 0.3) is 17.1 Å². The molecule has 0 aromatic carbocycles. The standard InChI is InChI=1S/C17H16F2N6O.ClH/c1-11-2-4-14(13-3-5-15(19)21-8-13)23-16(11)24-10-22-25(17(24)26)9-12(6-18)7-20;/h2-6,8,10H,7,9,20H2,1H3;1H/b12-6+;. The fourth-order valence-corrected chi connectivity index (χ4v) is 2.38. The van der Waals surface area contributed by atoms with Crippen LogP contribution in [0, 0.1) is 12.9 Å². The zero-order valence-corrected chi connectivity index (χ0v) is 15.2. The van der Waals surface area contributed by atoms with Crippen LogP contribution in [0.5, 0.6) is 0 Å². The maximum atomic E-state index is 13.0. The van der Waals surface area contributed by atoms with Crippen molar-refractivity contribution in [3.8, 4) is 17.1 Å². The molecular weight excluding hydrogens is 378 g/mol. The van der Waals surface area contributed by atoms with Gasteiger partial charge >= 0.3 is 5.69 Å². The summed E-state index contributed by atoms with van der Waals surface area (Å²) in [6, 6.07) is 6.33. The van der Waals surface area contributed by atoms with Crippen molar-refractivity contribution in [1.29, 1.82) is 0 Å². The molecule has 0 atom stereocenters. The van der Waals surface area contributed by atoms with Gasteiger partial charge in [-0.3, -0.25) is 0 Å². The van der Waals surface area contributed by atoms with Gasteiger partial charge in [-0.1, -0.05) is 6.07 Å². The monoisotopic (exact) mass is 394 g/mol. The second kappa shape index (κ2) is 8.65. The second-order valence-corrected chi connectivity index (χ2v) is 5.62. The summed E-state index contributed by atoms with van der Waals surface area (Å²) in [5.41, 5.74) is 7.07. The highest BCUT2D eigenvalue weighted by atomic mass is 35.5. The Morgan fingerprint density at radius 1 is 1.30 bits per heavy atom. The van der Waals surface area contributed by atoms with E-state index < -0.39 is 11.6 Å². The molecule has 0 aliphatic carbocycles. The van der Waals surface area contributed by atoms with Crippen molar-refractivity contribution in [2.75, 3.05) is 6.54 Å². The summed E-state index contributed by atoms with van der Waals surface area (Å²) in [5, 5.41) is 3.99. The predicted octanol–water partition coefficient (Wildman–Crippen LogP) is 2.17. The second-order valence-electron chi connectivity index (χ2n) is 5.62. The number of rotatable bonds is 5.